The molecule has 0 aliphatic rings. The van der Waals surface area contributed by atoms with E-state index in [9.17, 15) is 4.79 Å². The molecule has 1 aromatic carbocycles. The van der Waals surface area contributed by atoms with Gasteiger partial charge in [-0.05, 0) is 32.5 Å². The number of hydrogen-bond donors (Lipinski definition) is 2. The Kier molecular flexibility index (Phi) is 5.49. The van der Waals surface area contributed by atoms with Gasteiger partial charge in [-0.3, -0.25) is 4.79 Å². The van der Waals surface area contributed by atoms with Gasteiger partial charge < -0.3 is 15.4 Å². The van der Waals surface area contributed by atoms with Gasteiger partial charge in [-0.2, -0.15) is 0 Å². The molecule has 0 aliphatic heterocycles. The Labute approximate surface area is 102 Å². The van der Waals surface area contributed by atoms with E-state index in [4.69, 9.17) is 4.74 Å². The van der Waals surface area contributed by atoms with Gasteiger partial charge in [0.15, 0.2) is 0 Å². The Balaban J connectivity index is 2.72. The van der Waals surface area contributed by atoms with E-state index >= 15 is 0 Å². The fourth-order valence-corrected chi connectivity index (χ4v) is 1.28. The van der Waals surface area contributed by atoms with E-state index in [1.54, 1.807) is 7.05 Å². The smallest absolute Gasteiger partial charge is 0.241 e. The first kappa shape index (κ1) is 13.5. The first-order valence-electron chi connectivity index (χ1n) is 5.89. The fourth-order valence-electron chi connectivity index (χ4n) is 1.28. The molecule has 94 valence electrons. The molecule has 0 bridgehead atoms. The molecule has 2 N–H and O–H groups in total. The number of anilines is 1. The van der Waals surface area contributed by atoms with Gasteiger partial charge in [-0.25, -0.2) is 0 Å². The molecule has 1 amide bonds. The summed E-state index contributed by atoms with van der Waals surface area (Å²) >= 11 is 0. The van der Waals surface area contributed by atoms with Gasteiger partial charge in [0.25, 0.3) is 0 Å². The molecule has 4 nitrogen and oxygen atoms in total. The van der Waals surface area contributed by atoms with Crippen molar-refractivity contribution in [1.82, 2.24) is 5.32 Å². The Morgan fingerprint density at radius 3 is 2.76 bits per heavy atom. The summed E-state index contributed by atoms with van der Waals surface area (Å²) in [4.78, 5) is 11.7. The molecule has 0 aliphatic carbocycles. The van der Waals surface area contributed by atoms with Gasteiger partial charge in [0.2, 0.25) is 5.91 Å². The number of likely N-dealkylation sites (N-methyl/N-ethyl adjacent to an activating group) is 1. The molecule has 0 aromatic heterocycles. The Morgan fingerprint density at radius 1 is 1.41 bits per heavy atom. The van der Waals surface area contributed by atoms with Crippen molar-refractivity contribution in [2.45, 2.75) is 26.3 Å². The zero-order chi connectivity index (χ0) is 12.7. The van der Waals surface area contributed by atoms with E-state index < -0.39 is 0 Å². The third-order valence-electron chi connectivity index (χ3n) is 2.43. The summed E-state index contributed by atoms with van der Waals surface area (Å²) in [6, 6.07) is 7.23. The highest BCUT2D eigenvalue weighted by molar-refractivity contribution is 5.95. The Bertz CT molecular complexity index is 366. The lowest BCUT2D eigenvalue weighted by atomic mass is 10.2. The van der Waals surface area contributed by atoms with Gasteiger partial charge in [-0.15, -0.1) is 0 Å². The maximum atomic E-state index is 11.7. The van der Waals surface area contributed by atoms with Crippen LogP contribution in [0.25, 0.3) is 0 Å². The van der Waals surface area contributed by atoms with Crippen LogP contribution in [0.4, 0.5) is 5.69 Å². The molecule has 0 fully saturated rings. The predicted octanol–water partition coefficient (Wildman–Crippen LogP) is 2.02. The number of para-hydroxylation sites is 2. The highest BCUT2D eigenvalue weighted by Gasteiger charge is 2.12. The molecule has 0 spiro atoms. The molecule has 0 heterocycles. The summed E-state index contributed by atoms with van der Waals surface area (Å²) in [5.41, 5.74) is 0.716. The third-order valence-corrected chi connectivity index (χ3v) is 2.43. The largest absolute Gasteiger partial charge is 0.491 e. The molecule has 17 heavy (non-hydrogen) atoms. The number of rotatable bonds is 6. The van der Waals surface area contributed by atoms with Crippen molar-refractivity contribution in [2.75, 3.05) is 19.0 Å². The summed E-state index contributed by atoms with van der Waals surface area (Å²) in [6.45, 7) is 4.50. The zero-order valence-corrected chi connectivity index (χ0v) is 10.6. The molecule has 4 heteroatoms. The van der Waals surface area contributed by atoms with Crippen molar-refractivity contribution < 1.29 is 9.53 Å². The first-order chi connectivity index (χ1) is 8.19. The lowest BCUT2D eigenvalue weighted by Gasteiger charge is -2.14. The summed E-state index contributed by atoms with van der Waals surface area (Å²) in [6.07, 6.45) is 0.940. The minimum Gasteiger partial charge on any atom is -0.491 e. The number of amides is 1. The van der Waals surface area contributed by atoms with E-state index in [0.717, 1.165) is 6.42 Å². The highest BCUT2D eigenvalue weighted by atomic mass is 16.5. The minimum absolute atomic E-state index is 0.0694. The van der Waals surface area contributed by atoms with Gasteiger partial charge in [0, 0.05) is 0 Å². The number of benzene rings is 1. The average molecular weight is 236 g/mol. The lowest BCUT2D eigenvalue weighted by Crippen LogP contribution is -2.35. The third kappa shape index (κ3) is 4.07. The van der Waals surface area contributed by atoms with E-state index in [-0.39, 0.29) is 11.9 Å². The van der Waals surface area contributed by atoms with E-state index in [1.165, 1.54) is 0 Å². The molecule has 1 aromatic rings. The van der Waals surface area contributed by atoms with Gasteiger partial charge in [-0.1, -0.05) is 19.1 Å². The minimum atomic E-state index is -0.228. The normalized spacial score (nSPS) is 11.9. The van der Waals surface area contributed by atoms with Crippen LogP contribution in [-0.2, 0) is 4.79 Å². The predicted molar refractivity (Wildman–Crippen MR) is 69.4 cm³/mol. The summed E-state index contributed by atoms with van der Waals surface area (Å²) in [5.74, 6) is 0.644. The maximum absolute atomic E-state index is 11.7. The Morgan fingerprint density at radius 2 is 2.12 bits per heavy atom. The second kappa shape index (κ2) is 6.91. The zero-order valence-electron chi connectivity index (χ0n) is 10.6. The quantitative estimate of drug-likeness (QED) is 0.794. The molecule has 1 unspecified atom stereocenters. The van der Waals surface area contributed by atoms with Gasteiger partial charge in [0.1, 0.15) is 5.75 Å². The fraction of sp³-hybridized carbons (Fsp3) is 0.462. The number of carbonyl (C=O) groups is 1. The van der Waals surface area contributed by atoms with Crippen LogP contribution in [0.2, 0.25) is 0 Å². The van der Waals surface area contributed by atoms with Gasteiger partial charge >= 0.3 is 0 Å². The van der Waals surface area contributed by atoms with Crippen molar-refractivity contribution in [3.8, 4) is 5.75 Å². The van der Waals surface area contributed by atoms with Crippen LogP contribution < -0.4 is 15.4 Å². The van der Waals surface area contributed by atoms with Crippen LogP contribution in [0.5, 0.6) is 5.75 Å². The molecule has 0 saturated carbocycles. The highest BCUT2D eigenvalue weighted by Crippen LogP contribution is 2.23. The summed E-state index contributed by atoms with van der Waals surface area (Å²) < 4.78 is 5.57. The van der Waals surface area contributed by atoms with Crippen molar-refractivity contribution in [2.24, 2.45) is 0 Å². The van der Waals surface area contributed by atoms with Crippen LogP contribution in [0, 0.1) is 0 Å². The van der Waals surface area contributed by atoms with E-state index in [2.05, 4.69) is 10.6 Å². The molecule has 0 radical (unpaired) electrons. The first-order valence-corrected chi connectivity index (χ1v) is 5.89. The topological polar surface area (TPSA) is 50.4 Å². The molecule has 0 saturated heterocycles. The van der Waals surface area contributed by atoms with Crippen LogP contribution in [0.15, 0.2) is 24.3 Å². The lowest BCUT2D eigenvalue weighted by molar-refractivity contribution is -0.117. The number of carbonyl (C=O) groups excluding carboxylic acids is 1. The van der Waals surface area contributed by atoms with Crippen LogP contribution >= 0.6 is 0 Å². The second-order valence-corrected chi connectivity index (χ2v) is 3.84. The van der Waals surface area contributed by atoms with E-state index in [0.29, 0.717) is 18.0 Å². The van der Waals surface area contributed by atoms with Crippen molar-refractivity contribution in [1.29, 1.82) is 0 Å². The second-order valence-electron chi connectivity index (χ2n) is 3.84. The van der Waals surface area contributed by atoms with Gasteiger partial charge in [0.05, 0.1) is 18.3 Å². The van der Waals surface area contributed by atoms with Crippen LogP contribution in [-0.4, -0.2) is 25.6 Å². The monoisotopic (exact) mass is 236 g/mol. The molecular formula is C13H20N2O2. The molecule has 1 atom stereocenters. The number of nitrogens with one attached hydrogen (secondary N) is 2. The summed E-state index contributed by atoms with van der Waals surface area (Å²) in [7, 11) is 1.75. The Hall–Kier alpha value is -1.55. The molecular weight excluding hydrogens is 216 g/mol. The van der Waals surface area contributed by atoms with Crippen molar-refractivity contribution >= 4 is 11.6 Å². The summed E-state index contributed by atoms with van der Waals surface area (Å²) in [5, 5.41) is 5.74. The van der Waals surface area contributed by atoms with Crippen LogP contribution in [0.1, 0.15) is 20.3 Å². The van der Waals surface area contributed by atoms with Crippen LogP contribution in [0.3, 0.4) is 0 Å². The average Bonchev–Trinajstić information content (AvgIpc) is 2.36. The molecule has 1 rings (SSSR count). The van der Waals surface area contributed by atoms with Crippen molar-refractivity contribution in [3.05, 3.63) is 24.3 Å². The SMILES string of the molecule is CCCOc1ccccc1NC(=O)C(C)NC. The standard InChI is InChI=1S/C13H20N2O2/c1-4-9-17-12-8-6-5-7-11(12)15-13(16)10(2)14-3/h5-8,10,14H,4,9H2,1-3H3,(H,15,16). The maximum Gasteiger partial charge on any atom is 0.241 e. The van der Waals surface area contributed by atoms with E-state index in [1.807, 2.05) is 38.1 Å². The van der Waals surface area contributed by atoms with Crippen molar-refractivity contribution in [3.63, 3.8) is 0 Å². The number of ether oxygens (including phenoxy) is 1. The number of hydrogen-bond acceptors (Lipinski definition) is 3.